The summed E-state index contributed by atoms with van der Waals surface area (Å²) in [6, 6.07) is 4.20. The van der Waals surface area contributed by atoms with Gasteiger partial charge in [0.2, 0.25) is 0 Å². The number of rotatable bonds is 1. The van der Waals surface area contributed by atoms with Gasteiger partial charge in [-0.1, -0.05) is 18.9 Å². The predicted molar refractivity (Wildman–Crippen MR) is 68.8 cm³/mol. The zero-order chi connectivity index (χ0) is 13.2. The minimum atomic E-state index is -0.545. The Morgan fingerprint density at radius 2 is 2.00 bits per heavy atom. The largest absolute Gasteiger partial charge is 0.372 e. The van der Waals surface area contributed by atoms with E-state index in [-0.39, 0.29) is 6.10 Å². The third-order valence-electron chi connectivity index (χ3n) is 4.30. The number of benzene rings is 1. The van der Waals surface area contributed by atoms with E-state index in [1.54, 1.807) is 0 Å². The Labute approximate surface area is 112 Å². The molecule has 19 heavy (non-hydrogen) atoms. The molecule has 3 rings (SSSR count). The molecule has 2 aliphatic rings. The first-order valence-electron chi connectivity index (χ1n) is 7.04. The summed E-state index contributed by atoms with van der Waals surface area (Å²) in [5, 5.41) is 3.49. The predicted octanol–water partition coefficient (Wildman–Crippen LogP) is 3.18. The van der Waals surface area contributed by atoms with E-state index >= 15 is 0 Å². The molecule has 0 bridgehead atoms. The molecule has 1 saturated carbocycles. The maximum Gasteiger partial charge on any atom is 0.131 e. The van der Waals surface area contributed by atoms with Crippen molar-refractivity contribution < 1.29 is 13.5 Å². The number of hydrogen-bond acceptors (Lipinski definition) is 2. The Hall–Kier alpha value is -1.00. The van der Waals surface area contributed by atoms with Crippen LogP contribution >= 0.6 is 0 Å². The number of nitrogens with one attached hydrogen (secondary N) is 1. The summed E-state index contributed by atoms with van der Waals surface area (Å²) in [7, 11) is 0. The van der Waals surface area contributed by atoms with Crippen LogP contribution in [0.25, 0.3) is 0 Å². The third-order valence-corrected chi connectivity index (χ3v) is 4.30. The van der Waals surface area contributed by atoms with Gasteiger partial charge in [-0.2, -0.15) is 0 Å². The fourth-order valence-electron chi connectivity index (χ4n) is 3.20. The number of halogens is 2. The van der Waals surface area contributed by atoms with Crippen molar-refractivity contribution in [3.63, 3.8) is 0 Å². The summed E-state index contributed by atoms with van der Waals surface area (Å²) in [6.45, 7) is 1.27. The van der Waals surface area contributed by atoms with Crippen molar-refractivity contribution in [3.8, 4) is 0 Å². The number of fused-ring (bicyclic) bond motifs is 1. The number of hydrogen-bond donors (Lipinski definition) is 1. The highest BCUT2D eigenvalue weighted by Crippen LogP contribution is 2.30. The molecular weight excluding hydrogens is 248 g/mol. The van der Waals surface area contributed by atoms with Crippen molar-refractivity contribution in [2.75, 3.05) is 13.2 Å². The monoisotopic (exact) mass is 267 g/mol. The molecule has 1 aromatic carbocycles. The molecule has 0 aromatic heterocycles. The molecule has 0 amide bonds. The van der Waals surface area contributed by atoms with E-state index in [0.29, 0.717) is 30.7 Å². The van der Waals surface area contributed by atoms with Gasteiger partial charge in [-0.15, -0.1) is 0 Å². The summed E-state index contributed by atoms with van der Waals surface area (Å²) in [5.74, 6) is -0.532. The van der Waals surface area contributed by atoms with Crippen LogP contribution in [-0.4, -0.2) is 19.2 Å². The van der Waals surface area contributed by atoms with Crippen LogP contribution in [0.4, 0.5) is 8.78 Å². The lowest BCUT2D eigenvalue weighted by Gasteiger charge is -2.29. The van der Waals surface area contributed by atoms with Crippen molar-refractivity contribution in [2.45, 2.75) is 37.8 Å². The highest BCUT2D eigenvalue weighted by atomic mass is 19.1. The standard InChI is InChI=1S/C15H19F2NO/c16-11-5-6-12(13(17)7-11)15-8-18-14-4-2-1-3-10(14)9-19-15/h5-7,10,14-15,18H,1-4,8-9H2. The summed E-state index contributed by atoms with van der Waals surface area (Å²) in [5.41, 5.74) is 0.451. The zero-order valence-corrected chi connectivity index (χ0v) is 10.9. The van der Waals surface area contributed by atoms with Gasteiger partial charge in [-0.05, 0) is 24.8 Å². The summed E-state index contributed by atoms with van der Waals surface area (Å²) in [6.07, 6.45) is 4.54. The van der Waals surface area contributed by atoms with Gasteiger partial charge >= 0.3 is 0 Å². The summed E-state index contributed by atoms with van der Waals surface area (Å²) in [4.78, 5) is 0. The molecule has 1 aliphatic heterocycles. The van der Waals surface area contributed by atoms with E-state index < -0.39 is 11.6 Å². The van der Waals surface area contributed by atoms with Crippen molar-refractivity contribution in [3.05, 3.63) is 35.4 Å². The lowest BCUT2D eigenvalue weighted by molar-refractivity contribution is 0.0381. The molecule has 1 aliphatic carbocycles. The quantitative estimate of drug-likeness (QED) is 0.843. The van der Waals surface area contributed by atoms with Crippen LogP contribution in [-0.2, 0) is 4.74 Å². The van der Waals surface area contributed by atoms with Gasteiger partial charge in [0.05, 0.1) is 12.7 Å². The molecule has 2 fully saturated rings. The average Bonchev–Trinajstić information content (AvgIpc) is 2.62. The second-order valence-corrected chi connectivity index (χ2v) is 5.55. The van der Waals surface area contributed by atoms with Crippen LogP contribution in [0.15, 0.2) is 18.2 Å². The van der Waals surface area contributed by atoms with Crippen molar-refractivity contribution in [1.29, 1.82) is 0 Å². The first-order chi connectivity index (χ1) is 9.24. The first-order valence-corrected chi connectivity index (χ1v) is 7.04. The van der Waals surface area contributed by atoms with E-state index in [1.807, 2.05) is 0 Å². The highest BCUT2D eigenvalue weighted by Gasteiger charge is 2.30. The van der Waals surface area contributed by atoms with Crippen LogP contribution in [0.5, 0.6) is 0 Å². The van der Waals surface area contributed by atoms with Crippen molar-refractivity contribution >= 4 is 0 Å². The fourth-order valence-corrected chi connectivity index (χ4v) is 3.20. The van der Waals surface area contributed by atoms with E-state index in [2.05, 4.69) is 5.32 Å². The SMILES string of the molecule is Fc1ccc(C2CNC3CCCCC3CO2)c(F)c1. The minimum Gasteiger partial charge on any atom is -0.372 e. The second-order valence-electron chi connectivity index (χ2n) is 5.55. The number of ether oxygens (including phenoxy) is 1. The molecule has 0 spiro atoms. The summed E-state index contributed by atoms with van der Waals surface area (Å²) < 4.78 is 32.6. The Morgan fingerprint density at radius 3 is 2.84 bits per heavy atom. The molecule has 1 N–H and O–H groups in total. The maximum absolute atomic E-state index is 13.8. The van der Waals surface area contributed by atoms with E-state index in [4.69, 9.17) is 4.74 Å². The Morgan fingerprint density at radius 1 is 1.16 bits per heavy atom. The van der Waals surface area contributed by atoms with Crippen molar-refractivity contribution in [2.24, 2.45) is 5.92 Å². The maximum atomic E-state index is 13.8. The molecule has 1 heterocycles. The molecule has 2 nitrogen and oxygen atoms in total. The second kappa shape index (κ2) is 5.55. The molecule has 0 radical (unpaired) electrons. The van der Waals surface area contributed by atoms with Crippen LogP contribution in [0.1, 0.15) is 37.4 Å². The average molecular weight is 267 g/mol. The topological polar surface area (TPSA) is 21.3 Å². The molecule has 3 atom stereocenters. The zero-order valence-electron chi connectivity index (χ0n) is 10.9. The van der Waals surface area contributed by atoms with Gasteiger partial charge in [0, 0.05) is 24.2 Å². The molecule has 1 saturated heterocycles. The van der Waals surface area contributed by atoms with Crippen LogP contribution in [0, 0.1) is 17.6 Å². The smallest absolute Gasteiger partial charge is 0.131 e. The highest BCUT2D eigenvalue weighted by molar-refractivity contribution is 5.21. The minimum absolute atomic E-state index is 0.314. The van der Waals surface area contributed by atoms with Crippen LogP contribution in [0.2, 0.25) is 0 Å². The van der Waals surface area contributed by atoms with Gasteiger partial charge in [0.1, 0.15) is 11.6 Å². The Bertz CT molecular complexity index is 436. The van der Waals surface area contributed by atoms with E-state index in [9.17, 15) is 8.78 Å². The van der Waals surface area contributed by atoms with Gasteiger partial charge in [0.25, 0.3) is 0 Å². The van der Waals surface area contributed by atoms with Gasteiger partial charge < -0.3 is 10.1 Å². The Kier molecular flexibility index (Phi) is 3.80. The van der Waals surface area contributed by atoms with E-state index in [0.717, 1.165) is 6.07 Å². The fraction of sp³-hybridized carbons (Fsp3) is 0.600. The molecule has 104 valence electrons. The lowest BCUT2D eigenvalue weighted by Crippen LogP contribution is -2.38. The molecular formula is C15H19F2NO. The first kappa shape index (κ1) is 13.0. The molecule has 1 aromatic rings. The van der Waals surface area contributed by atoms with Gasteiger partial charge in [0.15, 0.2) is 0 Å². The van der Waals surface area contributed by atoms with Crippen molar-refractivity contribution in [1.82, 2.24) is 5.32 Å². The van der Waals surface area contributed by atoms with Gasteiger partial charge in [-0.25, -0.2) is 8.78 Å². The summed E-state index contributed by atoms with van der Waals surface area (Å²) >= 11 is 0. The molecule has 3 unspecified atom stereocenters. The normalized spacial score (nSPS) is 31.6. The Balaban J connectivity index is 1.75. The van der Waals surface area contributed by atoms with Crippen LogP contribution < -0.4 is 5.32 Å². The third kappa shape index (κ3) is 2.79. The van der Waals surface area contributed by atoms with Gasteiger partial charge in [-0.3, -0.25) is 0 Å². The van der Waals surface area contributed by atoms with Crippen LogP contribution in [0.3, 0.4) is 0 Å². The van der Waals surface area contributed by atoms with E-state index in [1.165, 1.54) is 37.8 Å². The lowest BCUT2D eigenvalue weighted by atomic mass is 9.85. The molecule has 4 heteroatoms.